The third kappa shape index (κ3) is 4.08. The molecule has 0 N–H and O–H groups in total. The van der Waals surface area contributed by atoms with Crippen molar-refractivity contribution in [3.8, 4) is 23.0 Å². The number of carbonyl (C=O) groups is 1. The van der Waals surface area contributed by atoms with Crippen molar-refractivity contribution in [1.29, 1.82) is 5.26 Å². The molecule has 28 heavy (non-hydrogen) atoms. The minimum absolute atomic E-state index is 0.0474. The second kappa shape index (κ2) is 8.65. The first-order valence-corrected chi connectivity index (χ1v) is 8.75. The number of benzene rings is 2. The number of aromatic nitrogens is 2. The summed E-state index contributed by atoms with van der Waals surface area (Å²) in [6.07, 6.45) is 4.77. The van der Waals surface area contributed by atoms with Crippen molar-refractivity contribution >= 4 is 12.0 Å². The number of para-hydroxylation sites is 1. The lowest BCUT2D eigenvalue weighted by Gasteiger charge is -2.04. The Bertz CT molecular complexity index is 1070. The lowest BCUT2D eigenvalue weighted by molar-refractivity contribution is -0.137. The van der Waals surface area contributed by atoms with Crippen LogP contribution in [0, 0.1) is 18.3 Å². The van der Waals surface area contributed by atoms with E-state index in [4.69, 9.17) is 9.84 Å². The zero-order valence-electron chi connectivity index (χ0n) is 15.5. The van der Waals surface area contributed by atoms with Crippen molar-refractivity contribution in [2.45, 2.75) is 6.92 Å². The van der Waals surface area contributed by atoms with Crippen LogP contribution in [0.25, 0.3) is 23.0 Å². The lowest BCUT2D eigenvalue weighted by Crippen LogP contribution is -2.06. The minimum Gasteiger partial charge on any atom is -0.457 e. The summed E-state index contributed by atoms with van der Waals surface area (Å²) in [5.41, 5.74) is 4.11. The molecule has 0 unspecified atom stereocenters. The van der Waals surface area contributed by atoms with E-state index in [1.807, 2.05) is 67.6 Å². The van der Waals surface area contributed by atoms with Gasteiger partial charge in [0.15, 0.2) is 0 Å². The fraction of sp³-hybridized carbons (Fsp3) is 0.0870. The topological polar surface area (TPSA) is 67.9 Å². The van der Waals surface area contributed by atoms with E-state index < -0.39 is 5.97 Å². The number of nitriles is 1. The average Bonchev–Trinajstić information content (AvgIpc) is 3.15. The van der Waals surface area contributed by atoms with Gasteiger partial charge in [0, 0.05) is 17.3 Å². The van der Waals surface area contributed by atoms with Gasteiger partial charge in [-0.1, -0.05) is 55.1 Å². The summed E-state index contributed by atoms with van der Waals surface area (Å²) in [6, 6.07) is 19.4. The van der Waals surface area contributed by atoms with Gasteiger partial charge in [0.05, 0.1) is 5.69 Å². The SMILES string of the molecule is C=CCOC(=O)/C(C#N)=C/c1cn(-c2ccccc2)nc1-c1ccccc1C. The number of hydrogen-bond donors (Lipinski definition) is 0. The molecule has 0 saturated carbocycles. The van der Waals surface area contributed by atoms with Gasteiger partial charge in [0.25, 0.3) is 0 Å². The Hall–Kier alpha value is -3.91. The third-order valence-electron chi connectivity index (χ3n) is 4.14. The van der Waals surface area contributed by atoms with Gasteiger partial charge in [0.2, 0.25) is 0 Å². The van der Waals surface area contributed by atoms with Crippen molar-refractivity contribution in [1.82, 2.24) is 9.78 Å². The molecule has 0 aliphatic rings. The highest BCUT2D eigenvalue weighted by Crippen LogP contribution is 2.28. The van der Waals surface area contributed by atoms with Crippen LogP contribution in [-0.2, 0) is 9.53 Å². The zero-order valence-corrected chi connectivity index (χ0v) is 15.5. The molecule has 0 atom stereocenters. The van der Waals surface area contributed by atoms with E-state index in [-0.39, 0.29) is 12.2 Å². The molecule has 3 aromatic rings. The summed E-state index contributed by atoms with van der Waals surface area (Å²) >= 11 is 0. The number of esters is 1. The van der Waals surface area contributed by atoms with Crippen molar-refractivity contribution in [3.05, 3.63) is 90.1 Å². The monoisotopic (exact) mass is 369 g/mol. The Balaban J connectivity index is 2.13. The summed E-state index contributed by atoms with van der Waals surface area (Å²) in [7, 11) is 0. The van der Waals surface area contributed by atoms with E-state index in [1.165, 1.54) is 12.2 Å². The van der Waals surface area contributed by atoms with E-state index in [1.54, 1.807) is 10.9 Å². The summed E-state index contributed by atoms with van der Waals surface area (Å²) in [5, 5.41) is 14.1. The number of aryl methyl sites for hydroxylation is 1. The largest absolute Gasteiger partial charge is 0.457 e. The summed E-state index contributed by atoms with van der Waals surface area (Å²) < 4.78 is 6.74. The molecule has 3 rings (SSSR count). The zero-order chi connectivity index (χ0) is 19.9. The van der Waals surface area contributed by atoms with Crippen LogP contribution in [-0.4, -0.2) is 22.4 Å². The minimum atomic E-state index is -0.689. The van der Waals surface area contributed by atoms with E-state index in [9.17, 15) is 10.1 Å². The normalized spacial score (nSPS) is 10.9. The first kappa shape index (κ1) is 18.9. The Morgan fingerprint density at radius 1 is 1.21 bits per heavy atom. The predicted octanol–water partition coefficient (Wildman–Crippen LogP) is 4.48. The maximum atomic E-state index is 12.1. The summed E-state index contributed by atoms with van der Waals surface area (Å²) in [6.45, 7) is 5.55. The highest BCUT2D eigenvalue weighted by atomic mass is 16.5. The number of hydrogen-bond acceptors (Lipinski definition) is 4. The fourth-order valence-corrected chi connectivity index (χ4v) is 2.76. The summed E-state index contributed by atoms with van der Waals surface area (Å²) in [4.78, 5) is 12.1. The van der Waals surface area contributed by atoms with Crippen LogP contribution >= 0.6 is 0 Å². The van der Waals surface area contributed by atoms with Crippen LogP contribution in [0.1, 0.15) is 11.1 Å². The smallest absolute Gasteiger partial charge is 0.349 e. The van der Waals surface area contributed by atoms with Gasteiger partial charge in [-0.05, 0) is 30.7 Å². The third-order valence-corrected chi connectivity index (χ3v) is 4.14. The molecule has 0 aliphatic carbocycles. The maximum Gasteiger partial charge on any atom is 0.349 e. The van der Waals surface area contributed by atoms with Crippen molar-refractivity contribution in [3.63, 3.8) is 0 Å². The highest BCUT2D eigenvalue weighted by molar-refractivity contribution is 5.99. The van der Waals surface area contributed by atoms with Crippen LogP contribution in [0.2, 0.25) is 0 Å². The van der Waals surface area contributed by atoms with Crippen LogP contribution in [0.15, 0.2) is 79.0 Å². The van der Waals surface area contributed by atoms with Gasteiger partial charge < -0.3 is 4.74 Å². The molecule has 5 nitrogen and oxygen atoms in total. The average molecular weight is 369 g/mol. The van der Waals surface area contributed by atoms with E-state index in [0.717, 1.165) is 16.8 Å². The molecule has 1 heterocycles. The van der Waals surface area contributed by atoms with E-state index >= 15 is 0 Å². The van der Waals surface area contributed by atoms with Crippen LogP contribution in [0.5, 0.6) is 0 Å². The predicted molar refractivity (Wildman–Crippen MR) is 108 cm³/mol. The molecule has 0 bridgehead atoms. The molecular formula is C23H19N3O2. The lowest BCUT2D eigenvalue weighted by atomic mass is 10.0. The van der Waals surface area contributed by atoms with E-state index in [2.05, 4.69) is 6.58 Å². The van der Waals surface area contributed by atoms with Gasteiger partial charge >= 0.3 is 5.97 Å². The van der Waals surface area contributed by atoms with Crippen molar-refractivity contribution in [2.75, 3.05) is 6.61 Å². The Morgan fingerprint density at radius 2 is 1.93 bits per heavy atom. The molecule has 1 aromatic heterocycles. The molecule has 138 valence electrons. The second-order valence-electron chi connectivity index (χ2n) is 6.09. The Labute approximate surface area is 163 Å². The first-order valence-electron chi connectivity index (χ1n) is 8.75. The van der Waals surface area contributed by atoms with Crippen LogP contribution in [0.4, 0.5) is 0 Å². The number of carbonyl (C=O) groups excluding carboxylic acids is 1. The van der Waals surface area contributed by atoms with Crippen LogP contribution < -0.4 is 0 Å². The molecular weight excluding hydrogens is 350 g/mol. The second-order valence-corrected chi connectivity index (χ2v) is 6.09. The van der Waals surface area contributed by atoms with Gasteiger partial charge in [-0.15, -0.1) is 0 Å². The van der Waals surface area contributed by atoms with Crippen LogP contribution in [0.3, 0.4) is 0 Å². The van der Waals surface area contributed by atoms with E-state index in [0.29, 0.717) is 11.3 Å². The van der Waals surface area contributed by atoms with Gasteiger partial charge in [0.1, 0.15) is 23.9 Å². The summed E-state index contributed by atoms with van der Waals surface area (Å²) in [5.74, 6) is -0.689. The molecule has 5 heteroatoms. The fourth-order valence-electron chi connectivity index (χ4n) is 2.76. The van der Waals surface area contributed by atoms with Gasteiger partial charge in [-0.2, -0.15) is 10.4 Å². The first-order chi connectivity index (χ1) is 13.6. The molecule has 0 radical (unpaired) electrons. The molecule has 0 saturated heterocycles. The standard InChI is InChI=1S/C23H19N3O2/c1-3-13-28-23(27)18(15-24)14-19-16-26(20-10-5-4-6-11-20)25-22(19)21-12-8-7-9-17(21)2/h3-12,14,16H,1,13H2,2H3/b18-14+. The molecule has 0 aliphatic heterocycles. The molecule has 0 fully saturated rings. The molecule has 0 spiro atoms. The Morgan fingerprint density at radius 3 is 2.61 bits per heavy atom. The van der Waals surface area contributed by atoms with Gasteiger partial charge in [-0.25, -0.2) is 9.48 Å². The molecule has 0 amide bonds. The number of nitrogens with zero attached hydrogens (tertiary/aromatic N) is 3. The van der Waals surface area contributed by atoms with Crippen molar-refractivity contribution in [2.24, 2.45) is 0 Å². The number of ether oxygens (including phenoxy) is 1. The van der Waals surface area contributed by atoms with Crippen molar-refractivity contribution < 1.29 is 9.53 Å². The highest BCUT2D eigenvalue weighted by Gasteiger charge is 2.16. The maximum absolute atomic E-state index is 12.1. The molecule has 2 aromatic carbocycles. The Kier molecular flexibility index (Phi) is 5.83. The quantitative estimate of drug-likeness (QED) is 0.278. The number of rotatable bonds is 6. The van der Waals surface area contributed by atoms with Gasteiger partial charge in [-0.3, -0.25) is 0 Å².